The van der Waals surface area contributed by atoms with Crippen molar-refractivity contribution in [2.24, 2.45) is 0 Å². The van der Waals surface area contributed by atoms with Crippen molar-refractivity contribution < 1.29 is 9.47 Å². The van der Waals surface area contributed by atoms with E-state index in [9.17, 15) is 0 Å². The van der Waals surface area contributed by atoms with Gasteiger partial charge in [-0.05, 0) is 18.2 Å². The second kappa shape index (κ2) is 5.66. The average Bonchev–Trinajstić information content (AvgIpc) is 3.08. The van der Waals surface area contributed by atoms with E-state index in [-0.39, 0.29) is 11.7 Å². The molecule has 0 unspecified atom stereocenters. The van der Waals surface area contributed by atoms with Gasteiger partial charge in [0, 0.05) is 25.1 Å². The summed E-state index contributed by atoms with van der Waals surface area (Å²) in [5.74, 6) is 1.59. The van der Waals surface area contributed by atoms with Crippen LogP contribution in [0.3, 0.4) is 0 Å². The van der Waals surface area contributed by atoms with Gasteiger partial charge >= 0.3 is 0 Å². The van der Waals surface area contributed by atoms with Crippen LogP contribution in [0.2, 0.25) is 0 Å². The molecule has 8 nitrogen and oxygen atoms in total. The van der Waals surface area contributed by atoms with Gasteiger partial charge in [0.25, 0.3) is 0 Å². The highest BCUT2D eigenvalue weighted by atomic mass is 16.5. The summed E-state index contributed by atoms with van der Waals surface area (Å²) in [6, 6.07) is 9.63. The maximum Gasteiger partial charge on any atom is 0.213 e. The molecule has 1 atom stereocenters. The highest BCUT2D eigenvalue weighted by Gasteiger charge is 2.48. The third-order valence-corrected chi connectivity index (χ3v) is 4.80. The number of rotatable bonds is 3. The zero-order valence-electron chi connectivity index (χ0n) is 13.7. The zero-order chi connectivity index (χ0) is 16.7. The van der Waals surface area contributed by atoms with Gasteiger partial charge in [0.2, 0.25) is 5.88 Å². The van der Waals surface area contributed by atoms with E-state index in [1.54, 1.807) is 17.0 Å². The Hall–Kier alpha value is -2.74. The van der Waals surface area contributed by atoms with Crippen LogP contribution < -0.4 is 9.64 Å². The van der Waals surface area contributed by atoms with Crippen molar-refractivity contribution >= 4 is 11.5 Å². The van der Waals surface area contributed by atoms with E-state index in [1.807, 2.05) is 30.3 Å². The summed E-state index contributed by atoms with van der Waals surface area (Å²) in [6.45, 7) is 2.34. The lowest BCUT2D eigenvalue weighted by Gasteiger charge is -2.53. The fourth-order valence-corrected chi connectivity index (χ4v) is 3.59. The molecule has 1 spiro atoms. The minimum atomic E-state index is -0.151. The van der Waals surface area contributed by atoms with Crippen molar-refractivity contribution in [3.8, 4) is 5.88 Å². The predicted molar refractivity (Wildman–Crippen MR) is 89.6 cm³/mol. The number of hydrogen-bond acceptors (Lipinski definition) is 7. The molecular formula is C17H18N6O2. The lowest BCUT2D eigenvalue weighted by Crippen LogP contribution is -2.66. The molecule has 0 saturated carbocycles. The van der Waals surface area contributed by atoms with Gasteiger partial charge in [-0.3, -0.25) is 0 Å². The Kier molecular flexibility index (Phi) is 3.30. The third kappa shape index (κ3) is 2.68. The van der Waals surface area contributed by atoms with E-state index >= 15 is 0 Å². The van der Waals surface area contributed by atoms with Crippen LogP contribution in [-0.2, 0) is 4.74 Å². The maximum atomic E-state index is 6.09. The molecule has 5 heterocycles. The Labute approximate surface area is 144 Å². The normalized spacial score (nSPS) is 22.1. The Bertz CT molecular complexity index is 877. The van der Waals surface area contributed by atoms with Gasteiger partial charge in [-0.25, -0.2) is 4.98 Å². The summed E-state index contributed by atoms with van der Waals surface area (Å²) in [5, 5.41) is 12.4. The van der Waals surface area contributed by atoms with Crippen LogP contribution in [0.15, 0.2) is 42.9 Å². The molecule has 25 heavy (non-hydrogen) atoms. The van der Waals surface area contributed by atoms with Crippen molar-refractivity contribution in [3.05, 3.63) is 42.9 Å². The molecule has 5 rings (SSSR count). The molecular weight excluding hydrogens is 320 g/mol. The largest absolute Gasteiger partial charge is 0.474 e. The van der Waals surface area contributed by atoms with Gasteiger partial charge in [0.1, 0.15) is 23.9 Å². The third-order valence-electron chi connectivity index (χ3n) is 4.80. The SMILES string of the molecule is c1ccc(O[C@@H]2CCOC3(C2)CN(c2ccc4nncn4n2)C3)nc1. The van der Waals surface area contributed by atoms with Crippen molar-refractivity contribution in [2.45, 2.75) is 24.5 Å². The topological polar surface area (TPSA) is 77.7 Å². The number of nitrogens with zero attached hydrogens (tertiary/aromatic N) is 6. The van der Waals surface area contributed by atoms with Crippen LogP contribution in [0.5, 0.6) is 5.88 Å². The summed E-state index contributed by atoms with van der Waals surface area (Å²) in [7, 11) is 0. The molecule has 3 aromatic rings. The van der Waals surface area contributed by atoms with Gasteiger partial charge < -0.3 is 14.4 Å². The van der Waals surface area contributed by atoms with Crippen molar-refractivity contribution in [3.63, 3.8) is 0 Å². The second-order valence-electron chi connectivity index (χ2n) is 6.61. The zero-order valence-corrected chi connectivity index (χ0v) is 13.7. The molecule has 0 aliphatic carbocycles. The average molecular weight is 338 g/mol. The molecule has 2 aliphatic heterocycles. The standard InChI is InChI=1S/C17H18N6O2/c1-2-7-18-16(3-1)25-13-6-8-24-17(9-13)10-22(11-17)15-5-4-14-20-19-12-23(14)21-15/h1-5,7,12-13H,6,8-11H2/t13-/m1/s1. The molecule has 128 valence electrons. The molecule has 0 radical (unpaired) electrons. The first-order chi connectivity index (χ1) is 12.3. The predicted octanol–water partition coefficient (Wildman–Crippen LogP) is 1.34. The van der Waals surface area contributed by atoms with Gasteiger partial charge in [-0.2, -0.15) is 4.52 Å². The highest BCUT2D eigenvalue weighted by molar-refractivity contribution is 5.48. The molecule has 3 aromatic heterocycles. The minimum absolute atomic E-state index is 0.138. The number of ether oxygens (including phenoxy) is 2. The Balaban J connectivity index is 1.26. The highest BCUT2D eigenvalue weighted by Crippen LogP contribution is 2.37. The first-order valence-electron chi connectivity index (χ1n) is 8.43. The summed E-state index contributed by atoms with van der Waals surface area (Å²) < 4.78 is 13.8. The lowest BCUT2D eigenvalue weighted by atomic mass is 9.84. The van der Waals surface area contributed by atoms with Crippen LogP contribution in [0, 0.1) is 0 Å². The molecule has 8 heteroatoms. The molecule has 2 fully saturated rings. The van der Waals surface area contributed by atoms with E-state index in [0.29, 0.717) is 12.5 Å². The van der Waals surface area contributed by atoms with Crippen molar-refractivity contribution in [1.29, 1.82) is 0 Å². The number of hydrogen-bond donors (Lipinski definition) is 0. The van der Waals surface area contributed by atoms with E-state index < -0.39 is 0 Å². The van der Waals surface area contributed by atoms with Gasteiger partial charge in [0.15, 0.2) is 5.65 Å². The molecule has 0 aromatic carbocycles. The Morgan fingerprint density at radius 1 is 1.20 bits per heavy atom. The number of aromatic nitrogens is 5. The maximum absolute atomic E-state index is 6.09. The summed E-state index contributed by atoms with van der Waals surface area (Å²) in [4.78, 5) is 6.46. The molecule has 0 bridgehead atoms. The molecule has 0 N–H and O–H groups in total. The van der Waals surface area contributed by atoms with E-state index in [2.05, 4.69) is 25.2 Å². The second-order valence-corrected chi connectivity index (χ2v) is 6.61. The lowest BCUT2D eigenvalue weighted by molar-refractivity contribution is -0.126. The van der Waals surface area contributed by atoms with E-state index in [0.717, 1.165) is 37.4 Å². The van der Waals surface area contributed by atoms with Gasteiger partial charge in [-0.15, -0.1) is 15.3 Å². The summed E-state index contributed by atoms with van der Waals surface area (Å²) in [6.07, 6.45) is 5.27. The first-order valence-corrected chi connectivity index (χ1v) is 8.43. The fourth-order valence-electron chi connectivity index (χ4n) is 3.59. The van der Waals surface area contributed by atoms with Crippen LogP contribution >= 0.6 is 0 Å². The van der Waals surface area contributed by atoms with Crippen molar-refractivity contribution in [1.82, 2.24) is 24.8 Å². The van der Waals surface area contributed by atoms with E-state index in [4.69, 9.17) is 9.47 Å². The monoisotopic (exact) mass is 338 g/mol. The number of pyridine rings is 1. The molecule has 0 amide bonds. The smallest absolute Gasteiger partial charge is 0.213 e. The first kappa shape index (κ1) is 14.6. The number of anilines is 1. The molecule has 2 aliphatic rings. The Morgan fingerprint density at radius 3 is 3.04 bits per heavy atom. The molecule has 2 saturated heterocycles. The van der Waals surface area contributed by atoms with Crippen LogP contribution in [0.1, 0.15) is 12.8 Å². The van der Waals surface area contributed by atoms with Gasteiger partial charge in [0.05, 0.1) is 19.7 Å². The summed E-state index contributed by atoms with van der Waals surface area (Å²) in [5.41, 5.74) is 0.596. The van der Waals surface area contributed by atoms with Crippen molar-refractivity contribution in [2.75, 3.05) is 24.6 Å². The Morgan fingerprint density at radius 2 is 2.16 bits per heavy atom. The van der Waals surface area contributed by atoms with Crippen LogP contribution in [0.4, 0.5) is 5.82 Å². The quantitative estimate of drug-likeness (QED) is 0.713. The minimum Gasteiger partial charge on any atom is -0.474 e. The van der Waals surface area contributed by atoms with Crippen LogP contribution in [0.25, 0.3) is 5.65 Å². The van der Waals surface area contributed by atoms with Gasteiger partial charge in [-0.1, -0.05) is 6.07 Å². The van der Waals surface area contributed by atoms with Crippen LogP contribution in [-0.4, -0.2) is 56.2 Å². The number of fused-ring (bicyclic) bond motifs is 1. The summed E-state index contributed by atoms with van der Waals surface area (Å²) >= 11 is 0. The van der Waals surface area contributed by atoms with E-state index in [1.165, 1.54) is 0 Å². The fraction of sp³-hybridized carbons (Fsp3) is 0.412.